The van der Waals surface area contributed by atoms with E-state index >= 15 is 0 Å². The van der Waals surface area contributed by atoms with Crippen LogP contribution >= 0.6 is 47.0 Å². The van der Waals surface area contributed by atoms with Crippen molar-refractivity contribution in [2.45, 2.75) is 307 Å². The Labute approximate surface area is 410 Å². The van der Waals surface area contributed by atoms with Crippen molar-refractivity contribution >= 4 is 47.0 Å². The summed E-state index contributed by atoms with van der Waals surface area (Å²) in [6, 6.07) is 0. The van der Waals surface area contributed by atoms with Crippen LogP contribution in [-0.2, 0) is 0 Å². The van der Waals surface area contributed by atoms with Gasteiger partial charge in [0.25, 0.3) is 0 Å². The van der Waals surface area contributed by atoms with E-state index in [9.17, 15) is 0 Å². The highest BCUT2D eigenvalue weighted by Crippen LogP contribution is 2.50. The van der Waals surface area contributed by atoms with Crippen LogP contribution < -0.4 is 0 Å². The van der Waals surface area contributed by atoms with Gasteiger partial charge < -0.3 is 4.90 Å². The summed E-state index contributed by atoms with van der Waals surface area (Å²) in [5.41, 5.74) is 0.674. The van der Waals surface area contributed by atoms with Gasteiger partial charge in [-0.15, -0.1) is 47.0 Å². The van der Waals surface area contributed by atoms with Gasteiger partial charge in [-0.25, -0.2) is 0 Å². The summed E-state index contributed by atoms with van der Waals surface area (Å²) in [6.07, 6.45) is 61.2. The fourth-order valence-corrected chi connectivity index (χ4v) is 15.9. The molecule has 372 valence electrons. The highest BCUT2D eigenvalue weighted by Gasteiger charge is 2.37. The van der Waals surface area contributed by atoms with Crippen LogP contribution in [0.15, 0.2) is 0 Å². The third-order valence-electron chi connectivity index (χ3n) is 14.3. The second kappa shape index (κ2) is 47.4. The van der Waals surface area contributed by atoms with Crippen LogP contribution in [0.2, 0.25) is 0 Å². The first kappa shape index (κ1) is 61.4. The highest BCUT2D eigenvalue weighted by molar-refractivity contribution is 8.17. The first-order valence-electron chi connectivity index (χ1n) is 28.6. The Kier molecular flexibility index (Phi) is 46.9. The average Bonchev–Trinajstić information content (AvgIpc) is 3.68. The molecule has 1 aliphatic carbocycles. The van der Waals surface area contributed by atoms with Gasteiger partial charge in [0.2, 0.25) is 0 Å². The van der Waals surface area contributed by atoms with Crippen molar-refractivity contribution in [2.24, 2.45) is 11.3 Å². The second-order valence-corrected chi connectivity index (χ2v) is 26.6. The normalized spacial score (nSPS) is 15.3. The van der Waals surface area contributed by atoms with Crippen molar-refractivity contribution < 1.29 is 0 Å². The molecule has 0 radical (unpaired) electrons. The van der Waals surface area contributed by atoms with Crippen LogP contribution in [0.3, 0.4) is 0 Å². The molecule has 1 atom stereocenters. The minimum Gasteiger partial charge on any atom is -0.309 e. The SMILES string of the molecule is CCCCCCCCSC(CCCCCCCC1(CCCCCCCC(SCCCCCCCC)SCCCCCCCC)CCC(CCN(C)C)C1)SCCCCCCCC. The fourth-order valence-electron chi connectivity index (χ4n) is 10.1. The number of rotatable bonds is 51. The molecule has 0 bridgehead atoms. The summed E-state index contributed by atoms with van der Waals surface area (Å²) in [5, 5.41) is 0. The monoisotopic (exact) mass is 942 g/mol. The Bertz CT molecular complexity index is 778. The van der Waals surface area contributed by atoms with Crippen LogP contribution in [0.25, 0.3) is 0 Å². The van der Waals surface area contributed by atoms with Crippen LogP contribution in [-0.4, -0.2) is 57.7 Å². The van der Waals surface area contributed by atoms with Crippen LogP contribution in [0.5, 0.6) is 0 Å². The number of nitrogens with zero attached hydrogens (tertiary/aromatic N) is 1. The maximum absolute atomic E-state index is 2.43. The van der Waals surface area contributed by atoms with Crippen LogP contribution in [0.1, 0.15) is 297 Å². The van der Waals surface area contributed by atoms with Crippen molar-refractivity contribution in [1.82, 2.24) is 4.90 Å². The predicted octanol–water partition coefficient (Wildman–Crippen LogP) is 21.2. The van der Waals surface area contributed by atoms with Crippen molar-refractivity contribution in [3.05, 3.63) is 0 Å². The maximum atomic E-state index is 2.43. The van der Waals surface area contributed by atoms with E-state index in [1.807, 2.05) is 0 Å². The summed E-state index contributed by atoms with van der Waals surface area (Å²) in [5.74, 6) is 6.58. The molecule has 1 saturated carbocycles. The Balaban J connectivity index is 2.47. The van der Waals surface area contributed by atoms with E-state index in [1.165, 1.54) is 293 Å². The van der Waals surface area contributed by atoms with E-state index in [1.54, 1.807) is 6.42 Å². The lowest BCUT2D eigenvalue weighted by atomic mass is 9.75. The van der Waals surface area contributed by atoms with Crippen molar-refractivity contribution in [2.75, 3.05) is 43.7 Å². The Morgan fingerprint density at radius 2 is 0.710 bits per heavy atom. The molecule has 0 amide bonds. The van der Waals surface area contributed by atoms with Gasteiger partial charge in [0, 0.05) is 0 Å². The third kappa shape index (κ3) is 39.4. The summed E-state index contributed by atoms with van der Waals surface area (Å²) in [4.78, 5) is 2.43. The highest BCUT2D eigenvalue weighted by atomic mass is 32.2. The third-order valence-corrected chi connectivity index (χ3v) is 20.5. The van der Waals surface area contributed by atoms with Crippen molar-refractivity contribution in [3.63, 3.8) is 0 Å². The number of hydrogen-bond donors (Lipinski definition) is 0. The minimum atomic E-state index is 0.674. The molecule has 5 heteroatoms. The molecule has 0 saturated heterocycles. The zero-order valence-corrected chi connectivity index (χ0v) is 46.8. The first-order valence-corrected chi connectivity index (χ1v) is 32.8. The van der Waals surface area contributed by atoms with E-state index in [2.05, 4.69) is 93.7 Å². The van der Waals surface area contributed by atoms with Gasteiger partial charge in [-0.2, -0.15) is 0 Å². The summed E-state index contributed by atoms with van der Waals surface area (Å²) >= 11 is 9.33. The molecule has 0 aromatic rings. The van der Waals surface area contributed by atoms with Crippen molar-refractivity contribution in [1.29, 1.82) is 0 Å². The largest absolute Gasteiger partial charge is 0.309 e. The zero-order chi connectivity index (χ0) is 44.9. The molecule has 1 rings (SSSR count). The molecule has 1 unspecified atom stereocenters. The second-order valence-electron chi connectivity index (χ2n) is 20.7. The molecule has 0 aromatic heterocycles. The lowest BCUT2D eigenvalue weighted by molar-refractivity contribution is 0.215. The molecule has 1 nitrogen and oxygen atoms in total. The minimum absolute atomic E-state index is 0.674. The van der Waals surface area contributed by atoms with E-state index in [-0.39, 0.29) is 0 Å². The molecule has 0 aliphatic heterocycles. The number of unbranched alkanes of at least 4 members (excludes halogenated alkanes) is 28. The molecule has 0 N–H and O–H groups in total. The summed E-state index contributed by atoms with van der Waals surface area (Å²) < 4.78 is 1.71. The number of thioether (sulfide) groups is 4. The van der Waals surface area contributed by atoms with Gasteiger partial charge in [0.1, 0.15) is 0 Å². The smallest absolute Gasteiger partial charge is 0.0502 e. The molecular weight excluding hydrogens is 827 g/mol. The molecular formula is C57H115NS4. The maximum Gasteiger partial charge on any atom is 0.0502 e. The van der Waals surface area contributed by atoms with E-state index in [4.69, 9.17) is 0 Å². The Hall–Kier alpha value is 1.36. The van der Waals surface area contributed by atoms with Gasteiger partial charge >= 0.3 is 0 Å². The lowest BCUT2D eigenvalue weighted by Gasteiger charge is -2.30. The molecule has 0 heterocycles. The molecule has 0 aromatic carbocycles. The predicted molar refractivity (Wildman–Crippen MR) is 298 cm³/mol. The fraction of sp³-hybridized carbons (Fsp3) is 1.00. The van der Waals surface area contributed by atoms with Gasteiger partial charge in [0.05, 0.1) is 9.16 Å². The Morgan fingerprint density at radius 1 is 0.403 bits per heavy atom. The first-order chi connectivity index (χ1) is 30.5. The van der Waals surface area contributed by atoms with E-state index in [0.29, 0.717) is 5.41 Å². The van der Waals surface area contributed by atoms with Gasteiger partial charge in [-0.1, -0.05) is 220 Å². The molecule has 0 spiro atoms. The van der Waals surface area contributed by atoms with Gasteiger partial charge in [0.15, 0.2) is 0 Å². The van der Waals surface area contributed by atoms with Crippen LogP contribution in [0.4, 0.5) is 0 Å². The standard InChI is InChI=1S/C57H115NS4/c1-7-11-15-19-29-37-49-59-55(60-50-38-30-20-16-12-8-2)41-33-25-23-27-35-45-57(47-43-54(53-57)44-48-58(5)6)46-36-28-24-26-34-42-56(61-51-39-31-21-17-13-9-3)62-52-40-32-22-18-14-10-4/h54-56H,7-53H2,1-6H3. The number of hydrogen-bond acceptors (Lipinski definition) is 5. The van der Waals surface area contributed by atoms with Gasteiger partial charge in [-0.3, -0.25) is 0 Å². The van der Waals surface area contributed by atoms with Crippen LogP contribution in [0, 0.1) is 11.3 Å². The van der Waals surface area contributed by atoms with Gasteiger partial charge in [-0.05, 0) is 132 Å². The average molecular weight is 943 g/mol. The summed E-state index contributed by atoms with van der Waals surface area (Å²) in [6.45, 7) is 10.6. The topological polar surface area (TPSA) is 3.24 Å². The van der Waals surface area contributed by atoms with E-state index in [0.717, 1.165) is 15.1 Å². The summed E-state index contributed by atoms with van der Waals surface area (Å²) in [7, 11) is 4.55. The lowest BCUT2D eigenvalue weighted by Crippen LogP contribution is -2.19. The molecule has 62 heavy (non-hydrogen) atoms. The Morgan fingerprint density at radius 3 is 1.05 bits per heavy atom. The van der Waals surface area contributed by atoms with Crippen molar-refractivity contribution in [3.8, 4) is 0 Å². The molecule has 1 fully saturated rings. The quantitative estimate of drug-likeness (QED) is 0.0440. The molecule has 1 aliphatic rings. The van der Waals surface area contributed by atoms with E-state index < -0.39 is 0 Å². The zero-order valence-electron chi connectivity index (χ0n) is 43.5.